The van der Waals surface area contributed by atoms with Crippen LogP contribution in [0.3, 0.4) is 0 Å². The molecule has 0 radical (unpaired) electrons. The van der Waals surface area contributed by atoms with Crippen LogP contribution in [0.2, 0.25) is 0 Å². The van der Waals surface area contributed by atoms with E-state index in [0.717, 1.165) is 25.9 Å². The lowest BCUT2D eigenvalue weighted by Gasteiger charge is -2.36. The van der Waals surface area contributed by atoms with Crippen molar-refractivity contribution in [2.24, 2.45) is 5.41 Å². The second kappa shape index (κ2) is 4.40. The number of ether oxygens (including phenoxy) is 1. The Morgan fingerprint density at radius 3 is 2.56 bits per heavy atom. The van der Waals surface area contributed by atoms with Gasteiger partial charge in [-0.15, -0.1) is 0 Å². The van der Waals surface area contributed by atoms with E-state index in [9.17, 15) is 4.79 Å². The summed E-state index contributed by atoms with van der Waals surface area (Å²) in [5, 5.41) is 11.9. The smallest absolute Gasteiger partial charge is 0.245 e. The van der Waals surface area contributed by atoms with Crippen LogP contribution in [0.1, 0.15) is 12.8 Å². The number of carbonyl (C=O) groups is 1. The zero-order chi connectivity index (χ0) is 11.6. The lowest BCUT2D eigenvalue weighted by molar-refractivity contribution is -0.151. The third-order valence-electron chi connectivity index (χ3n) is 3.40. The summed E-state index contributed by atoms with van der Waals surface area (Å²) in [6, 6.07) is 2.28. The predicted molar refractivity (Wildman–Crippen MR) is 57.5 cm³/mol. The second-order valence-corrected chi connectivity index (χ2v) is 4.74. The summed E-state index contributed by atoms with van der Waals surface area (Å²) < 4.78 is 4.96. The fourth-order valence-corrected chi connectivity index (χ4v) is 2.03. The van der Waals surface area contributed by atoms with Gasteiger partial charge >= 0.3 is 0 Å². The van der Waals surface area contributed by atoms with Gasteiger partial charge in [-0.1, -0.05) is 0 Å². The number of hydrogen-bond donors (Lipinski definition) is 1. The molecule has 2 saturated heterocycles. The van der Waals surface area contributed by atoms with Gasteiger partial charge in [-0.25, -0.2) is 0 Å². The summed E-state index contributed by atoms with van der Waals surface area (Å²) in [7, 11) is 2.08. The van der Waals surface area contributed by atoms with Gasteiger partial charge in [-0.2, -0.15) is 5.26 Å². The number of nitrogens with one attached hydrogen (secondary N) is 1. The van der Waals surface area contributed by atoms with Crippen LogP contribution in [0.25, 0.3) is 0 Å². The van der Waals surface area contributed by atoms with Crippen molar-refractivity contribution < 1.29 is 9.53 Å². The van der Waals surface area contributed by atoms with E-state index in [1.165, 1.54) is 0 Å². The highest BCUT2D eigenvalue weighted by atomic mass is 16.5. The Labute approximate surface area is 95.4 Å². The Kier molecular flexibility index (Phi) is 3.13. The highest BCUT2D eigenvalue weighted by Gasteiger charge is 2.47. The van der Waals surface area contributed by atoms with Gasteiger partial charge in [-0.05, 0) is 33.0 Å². The Morgan fingerprint density at radius 2 is 2.12 bits per heavy atom. The molecule has 2 rings (SSSR count). The number of carbonyl (C=O) groups excluding carboxylic acids is 1. The van der Waals surface area contributed by atoms with E-state index in [2.05, 4.69) is 23.3 Å². The van der Waals surface area contributed by atoms with Gasteiger partial charge in [-0.3, -0.25) is 4.79 Å². The first-order valence-corrected chi connectivity index (χ1v) is 5.65. The average Bonchev–Trinajstić information content (AvgIpc) is 2.21. The minimum atomic E-state index is -0.913. The van der Waals surface area contributed by atoms with Crippen LogP contribution in [0.5, 0.6) is 0 Å². The monoisotopic (exact) mass is 223 g/mol. The largest absolute Gasteiger partial charge is 0.377 e. The molecule has 0 bridgehead atoms. The van der Waals surface area contributed by atoms with E-state index in [1.807, 2.05) is 0 Å². The molecule has 0 saturated carbocycles. The molecule has 16 heavy (non-hydrogen) atoms. The molecule has 1 N–H and O–H groups in total. The molecule has 5 nitrogen and oxygen atoms in total. The molecule has 5 heteroatoms. The van der Waals surface area contributed by atoms with Crippen molar-refractivity contribution in [3.05, 3.63) is 0 Å². The summed E-state index contributed by atoms with van der Waals surface area (Å²) in [4.78, 5) is 14.1. The number of piperidine rings is 1. The number of nitrogens with zero attached hydrogens (tertiary/aromatic N) is 2. The molecule has 2 fully saturated rings. The van der Waals surface area contributed by atoms with Crippen LogP contribution < -0.4 is 5.32 Å². The molecular weight excluding hydrogens is 206 g/mol. The zero-order valence-electron chi connectivity index (χ0n) is 9.53. The molecule has 2 heterocycles. The lowest BCUT2D eigenvalue weighted by atomic mass is 9.86. The van der Waals surface area contributed by atoms with Gasteiger partial charge in [0.25, 0.3) is 0 Å². The zero-order valence-corrected chi connectivity index (χ0v) is 9.53. The third kappa shape index (κ3) is 2.04. The van der Waals surface area contributed by atoms with Crippen molar-refractivity contribution in [1.29, 1.82) is 5.26 Å². The van der Waals surface area contributed by atoms with Crippen molar-refractivity contribution in [2.45, 2.75) is 18.9 Å². The minimum Gasteiger partial charge on any atom is -0.377 e. The fourth-order valence-electron chi connectivity index (χ4n) is 2.03. The summed E-state index contributed by atoms with van der Waals surface area (Å²) in [6.45, 7) is 2.48. The molecule has 0 spiro atoms. The van der Waals surface area contributed by atoms with E-state index < -0.39 is 5.41 Å². The first kappa shape index (κ1) is 11.4. The van der Waals surface area contributed by atoms with Gasteiger partial charge in [0.05, 0.1) is 19.3 Å². The van der Waals surface area contributed by atoms with Crippen LogP contribution in [0, 0.1) is 16.7 Å². The molecule has 0 unspecified atom stereocenters. The second-order valence-electron chi connectivity index (χ2n) is 4.74. The Bertz CT molecular complexity index is 312. The summed E-state index contributed by atoms with van der Waals surface area (Å²) >= 11 is 0. The Hall–Kier alpha value is -1.12. The first-order valence-electron chi connectivity index (χ1n) is 5.65. The normalized spacial score (nSPS) is 25.5. The average molecular weight is 223 g/mol. The van der Waals surface area contributed by atoms with E-state index in [4.69, 9.17) is 10.00 Å². The predicted octanol–water partition coefficient (Wildman–Crippen LogP) is -0.263. The molecule has 0 aromatic rings. The number of nitriles is 1. The summed E-state index contributed by atoms with van der Waals surface area (Å²) in [6.07, 6.45) is 1.93. The van der Waals surface area contributed by atoms with Crippen LogP contribution in [-0.2, 0) is 9.53 Å². The first-order chi connectivity index (χ1) is 7.66. The molecule has 0 aromatic carbocycles. The van der Waals surface area contributed by atoms with Crippen LogP contribution in [-0.4, -0.2) is 50.2 Å². The maximum Gasteiger partial charge on any atom is 0.245 e. The van der Waals surface area contributed by atoms with Crippen molar-refractivity contribution in [3.63, 3.8) is 0 Å². The molecule has 0 aliphatic carbocycles. The lowest BCUT2D eigenvalue weighted by Crippen LogP contribution is -2.56. The maximum absolute atomic E-state index is 11.9. The van der Waals surface area contributed by atoms with Gasteiger partial charge in [0, 0.05) is 6.04 Å². The van der Waals surface area contributed by atoms with Crippen molar-refractivity contribution in [2.75, 3.05) is 33.4 Å². The topological polar surface area (TPSA) is 65.4 Å². The van der Waals surface area contributed by atoms with Crippen molar-refractivity contribution >= 4 is 5.91 Å². The highest BCUT2D eigenvalue weighted by Crippen LogP contribution is 2.27. The van der Waals surface area contributed by atoms with Gasteiger partial charge in [0.2, 0.25) is 5.91 Å². The minimum absolute atomic E-state index is 0.157. The summed E-state index contributed by atoms with van der Waals surface area (Å²) in [5.74, 6) is -0.157. The molecule has 1 amide bonds. The highest BCUT2D eigenvalue weighted by molar-refractivity contribution is 5.86. The number of rotatable bonds is 2. The maximum atomic E-state index is 11.9. The number of amides is 1. The van der Waals surface area contributed by atoms with Crippen molar-refractivity contribution in [3.8, 4) is 6.07 Å². The van der Waals surface area contributed by atoms with Gasteiger partial charge < -0.3 is 15.0 Å². The quantitative estimate of drug-likeness (QED) is 0.700. The standard InChI is InChI=1S/C11H17N3O2/c1-14-4-2-9(3-5-14)13-10(15)11(6-12)7-16-8-11/h9H,2-5,7-8H2,1H3,(H,13,15). The van der Waals surface area contributed by atoms with Crippen LogP contribution in [0.15, 0.2) is 0 Å². The van der Waals surface area contributed by atoms with E-state index in [0.29, 0.717) is 0 Å². The molecule has 0 aromatic heterocycles. The third-order valence-corrected chi connectivity index (χ3v) is 3.40. The molecule has 88 valence electrons. The van der Waals surface area contributed by atoms with Gasteiger partial charge in [0.15, 0.2) is 5.41 Å². The Morgan fingerprint density at radius 1 is 1.50 bits per heavy atom. The molecule has 2 aliphatic rings. The van der Waals surface area contributed by atoms with Gasteiger partial charge in [0.1, 0.15) is 0 Å². The summed E-state index contributed by atoms with van der Waals surface area (Å²) in [5.41, 5.74) is -0.913. The number of hydrogen-bond acceptors (Lipinski definition) is 4. The molecule has 0 atom stereocenters. The van der Waals surface area contributed by atoms with E-state index in [1.54, 1.807) is 0 Å². The SMILES string of the molecule is CN1CCC(NC(=O)C2(C#N)COC2)CC1. The van der Waals surface area contributed by atoms with E-state index in [-0.39, 0.29) is 25.2 Å². The molecular formula is C11H17N3O2. The van der Waals surface area contributed by atoms with E-state index >= 15 is 0 Å². The van der Waals surface area contributed by atoms with Crippen LogP contribution in [0.4, 0.5) is 0 Å². The fraction of sp³-hybridized carbons (Fsp3) is 0.818. The van der Waals surface area contributed by atoms with Crippen LogP contribution >= 0.6 is 0 Å². The number of likely N-dealkylation sites (tertiary alicyclic amines) is 1. The van der Waals surface area contributed by atoms with Crippen molar-refractivity contribution in [1.82, 2.24) is 10.2 Å². The Balaban J connectivity index is 1.86. The molecule has 2 aliphatic heterocycles.